The highest BCUT2D eigenvalue weighted by Gasteiger charge is 2.25. The highest BCUT2D eigenvalue weighted by Crippen LogP contribution is 2.19. The molecule has 0 radical (unpaired) electrons. The van der Waals surface area contributed by atoms with E-state index in [1.54, 1.807) is 24.3 Å². The molecule has 7 nitrogen and oxygen atoms in total. The normalized spacial score (nSPS) is 10.2. The molecule has 1 aromatic heterocycles. The number of benzene rings is 1. The zero-order chi connectivity index (χ0) is 14.0. The molecule has 1 heterocycles. The van der Waals surface area contributed by atoms with Crippen LogP contribution in [0, 0.1) is 10.1 Å². The van der Waals surface area contributed by atoms with Gasteiger partial charge in [0.15, 0.2) is 0 Å². The van der Waals surface area contributed by atoms with Gasteiger partial charge in [-0.3, -0.25) is 19.6 Å². The molecule has 0 saturated carbocycles. The first-order valence-corrected chi connectivity index (χ1v) is 6.01. The van der Waals surface area contributed by atoms with Crippen molar-refractivity contribution in [1.29, 1.82) is 0 Å². The lowest BCUT2D eigenvalue weighted by Gasteiger charge is -2.05. The van der Waals surface area contributed by atoms with Gasteiger partial charge in [-0.05, 0) is 24.3 Å². The molecule has 1 N–H and O–H groups in total. The number of hydrogen-bond acceptors (Lipinski definition) is 4. The number of aryl methyl sites for hydroxylation is 1. The first-order valence-electron chi connectivity index (χ1n) is 5.22. The minimum absolute atomic E-state index is 0.0899. The molecule has 2 aromatic rings. The van der Waals surface area contributed by atoms with Gasteiger partial charge in [0.25, 0.3) is 5.91 Å². The number of carbonyl (C=O) groups is 1. The number of nitrogens with one attached hydrogen (secondary N) is 1. The van der Waals surface area contributed by atoms with Gasteiger partial charge in [-0.25, -0.2) is 0 Å². The van der Waals surface area contributed by atoms with Crippen molar-refractivity contribution >= 4 is 33.2 Å². The second kappa shape index (κ2) is 5.19. The van der Waals surface area contributed by atoms with Crippen molar-refractivity contribution in [3.8, 4) is 0 Å². The van der Waals surface area contributed by atoms with Gasteiger partial charge in [-0.2, -0.15) is 5.10 Å². The Morgan fingerprint density at radius 2 is 2.05 bits per heavy atom. The largest absolute Gasteiger partial charge is 0.320 e. The average molecular weight is 325 g/mol. The topological polar surface area (TPSA) is 90.1 Å². The average Bonchev–Trinajstić information content (AvgIpc) is 2.74. The summed E-state index contributed by atoms with van der Waals surface area (Å²) in [6.45, 7) is 0. The number of rotatable bonds is 3. The van der Waals surface area contributed by atoms with Crippen molar-refractivity contribution in [3.05, 3.63) is 50.7 Å². The van der Waals surface area contributed by atoms with Gasteiger partial charge in [0.05, 0.1) is 4.92 Å². The van der Waals surface area contributed by atoms with Crippen molar-refractivity contribution < 1.29 is 9.72 Å². The monoisotopic (exact) mass is 324 g/mol. The van der Waals surface area contributed by atoms with Crippen LogP contribution >= 0.6 is 15.9 Å². The van der Waals surface area contributed by atoms with E-state index in [-0.39, 0.29) is 11.4 Å². The number of nitrogens with zero attached hydrogens (tertiary/aromatic N) is 3. The molecule has 1 aromatic carbocycles. The second-order valence-corrected chi connectivity index (χ2v) is 4.64. The number of hydrogen-bond donors (Lipinski definition) is 1. The van der Waals surface area contributed by atoms with Gasteiger partial charge >= 0.3 is 5.69 Å². The van der Waals surface area contributed by atoms with Crippen LogP contribution in [0.4, 0.5) is 11.4 Å². The maximum atomic E-state index is 12.0. The predicted molar refractivity (Wildman–Crippen MR) is 72.0 cm³/mol. The van der Waals surface area contributed by atoms with Crippen molar-refractivity contribution in [2.75, 3.05) is 5.32 Å². The standard InChI is InChI=1S/C11H9BrN4O3/c1-15-10(9(6-13-15)16(18)19)11(17)14-8-4-2-7(12)3-5-8/h2-6H,1H3,(H,14,17). The summed E-state index contributed by atoms with van der Waals surface area (Å²) in [4.78, 5) is 22.2. The number of anilines is 1. The Labute approximate surface area is 116 Å². The maximum absolute atomic E-state index is 12.0. The fourth-order valence-electron chi connectivity index (χ4n) is 1.55. The summed E-state index contributed by atoms with van der Waals surface area (Å²) in [5.41, 5.74) is 0.133. The van der Waals surface area contributed by atoms with Crippen LogP contribution in [-0.2, 0) is 7.05 Å². The Hall–Kier alpha value is -2.22. The lowest BCUT2D eigenvalue weighted by atomic mass is 10.3. The van der Waals surface area contributed by atoms with E-state index in [4.69, 9.17) is 0 Å². The highest BCUT2D eigenvalue weighted by atomic mass is 79.9. The van der Waals surface area contributed by atoms with E-state index in [1.165, 1.54) is 11.7 Å². The Morgan fingerprint density at radius 1 is 1.42 bits per heavy atom. The molecule has 0 aliphatic heterocycles. The van der Waals surface area contributed by atoms with Gasteiger partial charge < -0.3 is 5.32 Å². The minimum Gasteiger partial charge on any atom is -0.320 e. The van der Waals surface area contributed by atoms with E-state index >= 15 is 0 Å². The second-order valence-electron chi connectivity index (χ2n) is 3.72. The lowest BCUT2D eigenvalue weighted by Crippen LogP contribution is -2.17. The maximum Gasteiger partial charge on any atom is 0.320 e. The molecule has 8 heteroatoms. The molecule has 0 aliphatic carbocycles. The number of nitro groups is 1. The van der Waals surface area contributed by atoms with Crippen LogP contribution < -0.4 is 5.32 Å². The van der Waals surface area contributed by atoms with Gasteiger partial charge in [-0.15, -0.1) is 0 Å². The first-order chi connectivity index (χ1) is 8.99. The van der Waals surface area contributed by atoms with E-state index in [0.29, 0.717) is 5.69 Å². The summed E-state index contributed by atoms with van der Waals surface area (Å²) in [6, 6.07) is 6.88. The van der Waals surface area contributed by atoms with E-state index in [9.17, 15) is 14.9 Å². The minimum atomic E-state index is -0.635. The summed E-state index contributed by atoms with van der Waals surface area (Å²) in [7, 11) is 1.48. The van der Waals surface area contributed by atoms with Crippen molar-refractivity contribution in [2.45, 2.75) is 0 Å². The van der Waals surface area contributed by atoms with Crippen LogP contribution in [0.15, 0.2) is 34.9 Å². The molecule has 0 spiro atoms. The van der Waals surface area contributed by atoms with Crippen LogP contribution in [0.2, 0.25) is 0 Å². The molecule has 0 bridgehead atoms. The molecule has 0 atom stereocenters. The van der Waals surface area contributed by atoms with E-state index in [1.807, 2.05) is 0 Å². The van der Waals surface area contributed by atoms with E-state index in [0.717, 1.165) is 10.7 Å². The quantitative estimate of drug-likeness (QED) is 0.693. The molecular formula is C11H9BrN4O3. The molecule has 19 heavy (non-hydrogen) atoms. The third-order valence-corrected chi connectivity index (χ3v) is 2.96. The van der Waals surface area contributed by atoms with Gasteiger partial charge in [0.2, 0.25) is 5.69 Å². The van der Waals surface area contributed by atoms with Gasteiger partial charge in [0, 0.05) is 17.2 Å². The smallest absolute Gasteiger partial charge is 0.320 e. The van der Waals surface area contributed by atoms with Crippen molar-refractivity contribution in [3.63, 3.8) is 0 Å². The number of amides is 1. The highest BCUT2D eigenvalue weighted by molar-refractivity contribution is 9.10. The molecule has 0 fully saturated rings. The Balaban J connectivity index is 2.27. The van der Waals surface area contributed by atoms with Gasteiger partial charge in [0.1, 0.15) is 6.20 Å². The molecule has 2 rings (SSSR count). The summed E-state index contributed by atoms with van der Waals surface area (Å²) >= 11 is 3.28. The lowest BCUT2D eigenvalue weighted by molar-refractivity contribution is -0.385. The molecule has 0 saturated heterocycles. The molecular weight excluding hydrogens is 316 g/mol. The Morgan fingerprint density at radius 3 is 2.63 bits per heavy atom. The number of carbonyl (C=O) groups excluding carboxylic acids is 1. The third kappa shape index (κ3) is 2.79. The zero-order valence-electron chi connectivity index (χ0n) is 9.83. The van der Waals surface area contributed by atoms with Crippen LogP contribution in [0.3, 0.4) is 0 Å². The van der Waals surface area contributed by atoms with E-state index < -0.39 is 10.8 Å². The predicted octanol–water partition coefficient (Wildman–Crippen LogP) is 2.34. The Kier molecular flexibility index (Phi) is 3.61. The zero-order valence-corrected chi connectivity index (χ0v) is 11.4. The van der Waals surface area contributed by atoms with Crippen LogP contribution in [0.1, 0.15) is 10.5 Å². The van der Waals surface area contributed by atoms with Crippen LogP contribution in [-0.4, -0.2) is 20.6 Å². The Bertz CT molecular complexity index is 636. The summed E-state index contributed by atoms with van der Waals surface area (Å²) in [6.07, 6.45) is 1.05. The van der Waals surface area contributed by atoms with Crippen molar-refractivity contribution in [2.24, 2.45) is 7.05 Å². The number of aromatic nitrogens is 2. The van der Waals surface area contributed by atoms with Crippen molar-refractivity contribution in [1.82, 2.24) is 9.78 Å². The number of halogens is 1. The summed E-state index contributed by atoms with van der Waals surface area (Å²) in [5.74, 6) is -0.575. The molecule has 0 aliphatic rings. The first kappa shape index (κ1) is 13.2. The van der Waals surface area contributed by atoms with Crippen LogP contribution in [0.25, 0.3) is 0 Å². The van der Waals surface area contributed by atoms with E-state index in [2.05, 4.69) is 26.3 Å². The molecule has 98 valence electrons. The SMILES string of the molecule is Cn1ncc([N+](=O)[O-])c1C(=O)Nc1ccc(Br)cc1. The summed E-state index contributed by atoms with van der Waals surface area (Å²) in [5, 5.41) is 17.1. The molecule has 1 amide bonds. The third-order valence-electron chi connectivity index (χ3n) is 2.43. The summed E-state index contributed by atoms with van der Waals surface area (Å²) < 4.78 is 2.05. The fourth-order valence-corrected chi connectivity index (χ4v) is 1.81. The molecule has 0 unspecified atom stereocenters. The van der Waals surface area contributed by atoms with Gasteiger partial charge in [-0.1, -0.05) is 15.9 Å². The fraction of sp³-hybridized carbons (Fsp3) is 0.0909. The van der Waals surface area contributed by atoms with Crippen LogP contribution in [0.5, 0.6) is 0 Å².